The normalized spacial score (nSPS) is 14.2. The Morgan fingerprint density at radius 3 is 2.75 bits per heavy atom. The maximum absolute atomic E-state index is 12.2. The van der Waals surface area contributed by atoms with E-state index in [-0.39, 0.29) is 28.4 Å². The minimum Gasteiger partial charge on any atom is -0.398 e. The van der Waals surface area contributed by atoms with E-state index in [1.807, 2.05) is 0 Å². The molecule has 0 unspecified atom stereocenters. The third kappa shape index (κ3) is 3.30. The maximum atomic E-state index is 12.2. The molecule has 1 saturated heterocycles. The number of amides is 2. The van der Waals surface area contributed by atoms with Gasteiger partial charge in [-0.05, 0) is 12.5 Å². The zero-order valence-corrected chi connectivity index (χ0v) is 13.5. The highest BCUT2D eigenvalue weighted by molar-refractivity contribution is 7.99. The van der Waals surface area contributed by atoms with Crippen molar-refractivity contribution in [1.29, 1.82) is 0 Å². The Balaban J connectivity index is 1.71. The molecule has 8 nitrogen and oxygen atoms in total. The number of nitrogens with two attached hydrogens (primary N) is 1. The molecule has 3 N–H and O–H groups in total. The molecule has 1 aromatic carbocycles. The molecule has 1 aliphatic rings. The number of aromatic amines is 1. The number of likely N-dealkylation sites (tertiary alicyclic amines) is 1. The average molecular weight is 345 g/mol. The van der Waals surface area contributed by atoms with Crippen LogP contribution < -0.4 is 11.3 Å². The molecule has 2 heterocycles. The number of nitrogens with zero attached hydrogens (tertiary/aromatic N) is 3. The molecule has 1 aromatic heterocycles. The number of rotatable bonds is 4. The Bertz CT molecular complexity index is 851. The van der Waals surface area contributed by atoms with E-state index in [0.717, 1.165) is 11.8 Å². The van der Waals surface area contributed by atoms with Gasteiger partial charge in [0.2, 0.25) is 11.8 Å². The predicted octanol–water partition coefficient (Wildman–Crippen LogP) is 0.655. The van der Waals surface area contributed by atoms with Gasteiger partial charge in [-0.1, -0.05) is 30.0 Å². The van der Waals surface area contributed by atoms with E-state index in [1.54, 1.807) is 24.3 Å². The Morgan fingerprint density at radius 1 is 1.29 bits per heavy atom. The number of imide groups is 1. The third-order valence-electron chi connectivity index (χ3n) is 3.60. The predicted molar refractivity (Wildman–Crippen MR) is 89.2 cm³/mol. The number of anilines is 1. The molecule has 24 heavy (non-hydrogen) atoms. The zero-order chi connectivity index (χ0) is 17.1. The summed E-state index contributed by atoms with van der Waals surface area (Å²) < 4.78 is 0. The number of carbonyl (C=O) groups is 2. The van der Waals surface area contributed by atoms with Crippen LogP contribution in [0.5, 0.6) is 0 Å². The van der Waals surface area contributed by atoms with Crippen molar-refractivity contribution in [2.45, 2.75) is 18.0 Å². The topological polar surface area (TPSA) is 122 Å². The number of benzene rings is 1. The fourth-order valence-corrected chi connectivity index (χ4v) is 3.08. The fourth-order valence-electron chi connectivity index (χ4n) is 2.40. The van der Waals surface area contributed by atoms with Crippen molar-refractivity contribution in [3.8, 4) is 11.3 Å². The number of carbonyl (C=O) groups excluding carboxylic acids is 2. The van der Waals surface area contributed by atoms with Gasteiger partial charge in [-0.3, -0.25) is 24.3 Å². The highest BCUT2D eigenvalue weighted by atomic mass is 32.2. The number of H-pyrrole nitrogens is 1. The van der Waals surface area contributed by atoms with E-state index in [4.69, 9.17) is 5.73 Å². The van der Waals surface area contributed by atoms with Gasteiger partial charge in [0.15, 0.2) is 10.9 Å². The van der Waals surface area contributed by atoms with Crippen LogP contribution in [0.1, 0.15) is 12.8 Å². The van der Waals surface area contributed by atoms with Gasteiger partial charge in [0, 0.05) is 24.2 Å². The number of nitrogen functional groups attached to an aromatic ring is 1. The van der Waals surface area contributed by atoms with Crippen LogP contribution in [0, 0.1) is 0 Å². The summed E-state index contributed by atoms with van der Waals surface area (Å²) in [6, 6.07) is 6.87. The van der Waals surface area contributed by atoms with Crippen LogP contribution in [-0.2, 0) is 9.59 Å². The lowest BCUT2D eigenvalue weighted by Gasteiger charge is -2.12. The third-order valence-corrected chi connectivity index (χ3v) is 4.45. The number of hydrogen-bond acceptors (Lipinski definition) is 7. The van der Waals surface area contributed by atoms with Gasteiger partial charge in [0.05, 0.1) is 5.75 Å². The Labute approximate surface area is 141 Å². The number of hydrogen-bond donors (Lipinski definition) is 2. The zero-order valence-electron chi connectivity index (χ0n) is 12.7. The van der Waals surface area contributed by atoms with Gasteiger partial charge in [0.1, 0.15) is 0 Å². The van der Waals surface area contributed by atoms with Crippen LogP contribution in [0.3, 0.4) is 0 Å². The van der Waals surface area contributed by atoms with Crippen LogP contribution in [-0.4, -0.2) is 44.2 Å². The molecule has 0 aliphatic carbocycles. The van der Waals surface area contributed by atoms with E-state index in [2.05, 4.69) is 15.2 Å². The molecular weight excluding hydrogens is 330 g/mol. The van der Waals surface area contributed by atoms with Crippen LogP contribution in [0.25, 0.3) is 11.3 Å². The highest BCUT2D eigenvalue weighted by Crippen LogP contribution is 2.21. The lowest BCUT2D eigenvalue weighted by atomic mass is 10.1. The van der Waals surface area contributed by atoms with Gasteiger partial charge < -0.3 is 5.73 Å². The molecule has 0 radical (unpaired) electrons. The van der Waals surface area contributed by atoms with Crippen molar-refractivity contribution in [1.82, 2.24) is 20.1 Å². The van der Waals surface area contributed by atoms with E-state index in [9.17, 15) is 14.4 Å². The minimum atomic E-state index is -0.435. The lowest BCUT2D eigenvalue weighted by molar-refractivity contribution is -0.140. The summed E-state index contributed by atoms with van der Waals surface area (Å²) in [5.41, 5.74) is 6.45. The van der Waals surface area contributed by atoms with E-state index in [1.165, 1.54) is 4.90 Å². The SMILES string of the molecule is Nc1ccccc1-c1nnc(SCC(=O)N2CCCC2=O)[nH]c1=O. The first-order chi connectivity index (χ1) is 11.6. The molecule has 3 rings (SSSR count). The van der Waals surface area contributed by atoms with Gasteiger partial charge in [-0.15, -0.1) is 10.2 Å². The summed E-state index contributed by atoms with van der Waals surface area (Å²) >= 11 is 1.04. The summed E-state index contributed by atoms with van der Waals surface area (Å²) in [7, 11) is 0. The van der Waals surface area contributed by atoms with Gasteiger partial charge >= 0.3 is 0 Å². The Hall–Kier alpha value is -2.68. The summed E-state index contributed by atoms with van der Waals surface area (Å²) in [5, 5.41) is 8.05. The summed E-state index contributed by atoms with van der Waals surface area (Å²) in [5.74, 6) is -0.431. The van der Waals surface area contributed by atoms with E-state index < -0.39 is 5.56 Å². The summed E-state index contributed by atoms with van der Waals surface area (Å²) in [4.78, 5) is 39.5. The first-order valence-electron chi connectivity index (χ1n) is 7.34. The highest BCUT2D eigenvalue weighted by Gasteiger charge is 2.26. The second-order valence-electron chi connectivity index (χ2n) is 5.23. The van der Waals surface area contributed by atoms with Crippen LogP contribution in [0.4, 0.5) is 5.69 Å². The second-order valence-corrected chi connectivity index (χ2v) is 6.19. The van der Waals surface area contributed by atoms with Crippen LogP contribution in [0.2, 0.25) is 0 Å². The maximum Gasteiger partial charge on any atom is 0.278 e. The number of para-hydroxylation sites is 1. The molecule has 1 fully saturated rings. The van der Waals surface area contributed by atoms with Crippen molar-refractivity contribution < 1.29 is 9.59 Å². The summed E-state index contributed by atoms with van der Waals surface area (Å²) in [6.07, 6.45) is 1.10. The quantitative estimate of drug-likeness (QED) is 0.616. The molecule has 124 valence electrons. The number of nitrogens with one attached hydrogen (secondary N) is 1. The van der Waals surface area contributed by atoms with E-state index >= 15 is 0 Å². The van der Waals surface area contributed by atoms with Crippen molar-refractivity contribution in [2.75, 3.05) is 18.0 Å². The van der Waals surface area contributed by atoms with Crippen molar-refractivity contribution in [2.24, 2.45) is 0 Å². The minimum absolute atomic E-state index is 0.0170. The van der Waals surface area contributed by atoms with Gasteiger partial charge in [0.25, 0.3) is 5.56 Å². The lowest BCUT2D eigenvalue weighted by Crippen LogP contribution is -2.33. The monoisotopic (exact) mass is 345 g/mol. The van der Waals surface area contributed by atoms with Crippen molar-refractivity contribution >= 4 is 29.3 Å². The first-order valence-corrected chi connectivity index (χ1v) is 8.32. The Kier molecular flexibility index (Phi) is 4.61. The van der Waals surface area contributed by atoms with E-state index in [0.29, 0.717) is 30.6 Å². The average Bonchev–Trinajstić information content (AvgIpc) is 3.00. The smallest absolute Gasteiger partial charge is 0.278 e. The molecule has 0 atom stereocenters. The van der Waals surface area contributed by atoms with Gasteiger partial charge in [-0.2, -0.15) is 0 Å². The molecular formula is C15H15N5O3S. The molecule has 1 aliphatic heterocycles. The molecule has 9 heteroatoms. The van der Waals surface area contributed by atoms with Crippen LogP contribution in [0.15, 0.2) is 34.2 Å². The van der Waals surface area contributed by atoms with Crippen molar-refractivity contribution in [3.05, 3.63) is 34.6 Å². The Morgan fingerprint density at radius 2 is 2.08 bits per heavy atom. The van der Waals surface area contributed by atoms with Crippen LogP contribution >= 0.6 is 11.8 Å². The standard InChI is InChI=1S/C15H15N5O3S/c16-10-5-2-1-4-9(10)13-14(23)17-15(19-18-13)24-8-12(22)20-7-3-6-11(20)21/h1-2,4-5H,3,6-8,16H2,(H,17,19,23). The molecule has 2 amide bonds. The molecule has 0 spiro atoms. The molecule has 2 aromatic rings. The summed E-state index contributed by atoms with van der Waals surface area (Å²) in [6.45, 7) is 0.451. The number of thioether (sulfide) groups is 1. The van der Waals surface area contributed by atoms with Crippen molar-refractivity contribution in [3.63, 3.8) is 0 Å². The first kappa shape index (κ1) is 16.2. The van der Waals surface area contributed by atoms with Gasteiger partial charge in [-0.25, -0.2) is 0 Å². The second kappa shape index (κ2) is 6.83. The molecule has 0 bridgehead atoms. The molecule has 0 saturated carbocycles. The number of aromatic nitrogens is 3. The largest absolute Gasteiger partial charge is 0.398 e. The fraction of sp³-hybridized carbons (Fsp3) is 0.267.